The van der Waals surface area contributed by atoms with E-state index in [1.165, 1.54) is 5.56 Å². The van der Waals surface area contributed by atoms with E-state index in [2.05, 4.69) is 39.8 Å². The summed E-state index contributed by atoms with van der Waals surface area (Å²) in [7, 11) is 0. The van der Waals surface area contributed by atoms with Crippen LogP contribution in [0.4, 0.5) is 0 Å². The summed E-state index contributed by atoms with van der Waals surface area (Å²) in [4.78, 5) is 26.3. The minimum absolute atomic E-state index is 0.0303. The zero-order valence-corrected chi connectivity index (χ0v) is 16.7. The molecule has 2 aromatic carbocycles. The quantitative estimate of drug-likeness (QED) is 0.683. The summed E-state index contributed by atoms with van der Waals surface area (Å²) in [5.74, 6) is 0.590. The summed E-state index contributed by atoms with van der Waals surface area (Å²) in [6.07, 6.45) is 2.25. The molecule has 1 saturated heterocycles. The number of nitrogens with zero attached hydrogens (tertiary/aromatic N) is 1. The molecule has 1 fully saturated rings. The number of likely N-dealkylation sites (tertiary alicyclic amines) is 1. The Morgan fingerprint density at radius 3 is 2.45 bits per heavy atom. The predicted octanol–water partition coefficient (Wildman–Crippen LogP) is 2.21. The Labute approximate surface area is 172 Å². The largest absolute Gasteiger partial charge is 0.484 e. The average molecular weight is 396 g/mol. The van der Waals surface area contributed by atoms with Gasteiger partial charge in [-0.2, -0.15) is 0 Å². The lowest BCUT2D eigenvalue weighted by molar-refractivity contribution is -0.127. The zero-order valence-electron chi connectivity index (χ0n) is 16.7. The number of para-hydroxylation sites is 1. The molecule has 29 heavy (non-hydrogen) atoms. The average Bonchev–Trinajstić information content (AvgIpc) is 2.76. The van der Waals surface area contributed by atoms with Gasteiger partial charge < -0.3 is 15.4 Å². The Balaban J connectivity index is 1.31. The monoisotopic (exact) mass is 395 g/mol. The maximum atomic E-state index is 12.1. The van der Waals surface area contributed by atoms with Crippen molar-refractivity contribution in [1.29, 1.82) is 0 Å². The lowest BCUT2D eigenvalue weighted by atomic mass is 9.97. The molecule has 2 N–H and O–H groups in total. The van der Waals surface area contributed by atoms with Crippen LogP contribution in [-0.4, -0.2) is 49.5 Å². The van der Waals surface area contributed by atoms with E-state index < -0.39 is 0 Å². The maximum absolute atomic E-state index is 12.1. The molecule has 3 rings (SSSR count). The minimum atomic E-state index is -0.310. The van der Waals surface area contributed by atoms with Crippen LogP contribution in [0, 0.1) is 5.92 Å². The fourth-order valence-corrected chi connectivity index (χ4v) is 3.52. The first kappa shape index (κ1) is 20.9. The molecule has 1 atom stereocenters. The smallest absolute Gasteiger partial charge is 0.258 e. The van der Waals surface area contributed by atoms with Crippen LogP contribution >= 0.6 is 0 Å². The summed E-state index contributed by atoms with van der Waals surface area (Å²) in [6.45, 7) is 3.53. The third-order valence-electron chi connectivity index (χ3n) is 5.00. The highest BCUT2D eigenvalue weighted by Crippen LogP contribution is 2.18. The topological polar surface area (TPSA) is 70.7 Å². The molecule has 0 aliphatic carbocycles. The lowest BCUT2D eigenvalue weighted by Gasteiger charge is -2.32. The van der Waals surface area contributed by atoms with Gasteiger partial charge in [-0.3, -0.25) is 14.5 Å². The minimum Gasteiger partial charge on any atom is -0.484 e. The van der Waals surface area contributed by atoms with Gasteiger partial charge in [-0.15, -0.1) is 0 Å². The SMILES string of the molecule is O=C(CNC(=O)COc1ccccc1)NCC1CCCN(Cc2ccccc2)C1. The Kier molecular flexibility index (Phi) is 8.07. The van der Waals surface area contributed by atoms with Crippen molar-refractivity contribution in [1.82, 2.24) is 15.5 Å². The van der Waals surface area contributed by atoms with Crippen LogP contribution in [0.1, 0.15) is 18.4 Å². The number of benzene rings is 2. The number of amides is 2. The maximum Gasteiger partial charge on any atom is 0.258 e. The number of carbonyl (C=O) groups excluding carboxylic acids is 2. The van der Waals surface area contributed by atoms with Crippen molar-refractivity contribution >= 4 is 11.8 Å². The van der Waals surface area contributed by atoms with Crippen LogP contribution in [0.5, 0.6) is 5.75 Å². The van der Waals surface area contributed by atoms with Crippen LogP contribution in [0.15, 0.2) is 60.7 Å². The third-order valence-corrected chi connectivity index (χ3v) is 5.00. The van der Waals surface area contributed by atoms with Crippen LogP contribution in [0.2, 0.25) is 0 Å². The summed E-state index contributed by atoms with van der Waals surface area (Å²) in [6, 6.07) is 19.6. The van der Waals surface area contributed by atoms with Gasteiger partial charge in [0.1, 0.15) is 5.75 Å². The Hall–Kier alpha value is -2.86. The van der Waals surface area contributed by atoms with Crippen molar-refractivity contribution in [2.45, 2.75) is 19.4 Å². The number of hydrogen-bond donors (Lipinski definition) is 2. The lowest BCUT2D eigenvalue weighted by Crippen LogP contribution is -2.43. The standard InChI is InChI=1S/C23H29N3O3/c27-22(15-25-23(28)18-29-21-11-5-2-6-12-21)24-14-20-10-7-13-26(17-20)16-19-8-3-1-4-9-19/h1-6,8-9,11-12,20H,7,10,13-18H2,(H,24,27)(H,25,28). The van der Waals surface area contributed by atoms with E-state index >= 15 is 0 Å². The van der Waals surface area contributed by atoms with Crippen molar-refractivity contribution in [3.63, 3.8) is 0 Å². The van der Waals surface area contributed by atoms with Crippen molar-refractivity contribution in [3.05, 3.63) is 66.2 Å². The van der Waals surface area contributed by atoms with Crippen LogP contribution in [-0.2, 0) is 16.1 Å². The van der Waals surface area contributed by atoms with E-state index in [4.69, 9.17) is 4.74 Å². The Morgan fingerprint density at radius 2 is 1.69 bits per heavy atom. The Morgan fingerprint density at radius 1 is 0.966 bits per heavy atom. The first-order valence-corrected chi connectivity index (χ1v) is 10.2. The zero-order chi connectivity index (χ0) is 20.3. The number of piperidine rings is 1. The van der Waals surface area contributed by atoms with Gasteiger partial charge in [-0.25, -0.2) is 0 Å². The van der Waals surface area contributed by atoms with Crippen LogP contribution in [0.3, 0.4) is 0 Å². The van der Waals surface area contributed by atoms with E-state index in [0.717, 1.165) is 32.5 Å². The molecule has 2 amide bonds. The second kappa shape index (κ2) is 11.2. The van der Waals surface area contributed by atoms with Crippen molar-refractivity contribution in [2.75, 3.05) is 32.8 Å². The molecule has 1 unspecified atom stereocenters. The second-order valence-corrected chi connectivity index (χ2v) is 7.41. The van der Waals surface area contributed by atoms with E-state index in [0.29, 0.717) is 18.2 Å². The predicted molar refractivity (Wildman–Crippen MR) is 112 cm³/mol. The van der Waals surface area contributed by atoms with Crippen molar-refractivity contribution < 1.29 is 14.3 Å². The van der Waals surface area contributed by atoms with Gasteiger partial charge in [0.05, 0.1) is 6.54 Å². The molecule has 1 aliphatic heterocycles. The molecule has 0 radical (unpaired) electrons. The van der Waals surface area contributed by atoms with Crippen molar-refractivity contribution in [3.8, 4) is 5.75 Å². The molecular weight excluding hydrogens is 366 g/mol. The number of ether oxygens (including phenoxy) is 1. The molecule has 0 aromatic heterocycles. The molecule has 0 bridgehead atoms. The molecular formula is C23H29N3O3. The van der Waals surface area contributed by atoms with Gasteiger partial charge in [-0.1, -0.05) is 48.5 Å². The van der Waals surface area contributed by atoms with Gasteiger partial charge in [0.25, 0.3) is 5.91 Å². The highest BCUT2D eigenvalue weighted by Gasteiger charge is 2.20. The molecule has 0 saturated carbocycles. The number of hydrogen-bond acceptors (Lipinski definition) is 4. The van der Waals surface area contributed by atoms with Crippen molar-refractivity contribution in [2.24, 2.45) is 5.92 Å². The second-order valence-electron chi connectivity index (χ2n) is 7.41. The summed E-state index contributed by atoms with van der Waals surface area (Å²) in [5, 5.41) is 5.54. The van der Waals surface area contributed by atoms with Gasteiger partial charge in [-0.05, 0) is 43.0 Å². The van der Waals surface area contributed by atoms with E-state index in [9.17, 15) is 9.59 Å². The van der Waals surface area contributed by atoms with E-state index in [1.807, 2.05) is 24.3 Å². The molecule has 1 aliphatic rings. The normalized spacial score (nSPS) is 16.8. The molecule has 6 nitrogen and oxygen atoms in total. The van der Waals surface area contributed by atoms with Gasteiger partial charge in [0.2, 0.25) is 5.91 Å². The molecule has 1 heterocycles. The molecule has 154 valence electrons. The molecule has 0 spiro atoms. The van der Waals surface area contributed by atoms with Gasteiger partial charge in [0, 0.05) is 19.6 Å². The van der Waals surface area contributed by atoms with E-state index in [1.54, 1.807) is 12.1 Å². The van der Waals surface area contributed by atoms with Crippen LogP contribution < -0.4 is 15.4 Å². The third kappa shape index (κ3) is 7.58. The molecule has 6 heteroatoms. The van der Waals surface area contributed by atoms with Gasteiger partial charge in [0.15, 0.2) is 6.61 Å². The summed E-state index contributed by atoms with van der Waals surface area (Å²) >= 11 is 0. The summed E-state index contributed by atoms with van der Waals surface area (Å²) in [5.41, 5.74) is 1.32. The molecule has 2 aromatic rings. The Bertz CT molecular complexity index is 767. The van der Waals surface area contributed by atoms with Gasteiger partial charge >= 0.3 is 0 Å². The fourth-order valence-electron chi connectivity index (χ4n) is 3.52. The van der Waals surface area contributed by atoms with Crippen LogP contribution in [0.25, 0.3) is 0 Å². The van der Waals surface area contributed by atoms with E-state index in [-0.39, 0.29) is 25.0 Å². The first-order chi connectivity index (χ1) is 14.2. The number of nitrogens with one attached hydrogen (secondary N) is 2. The summed E-state index contributed by atoms with van der Waals surface area (Å²) < 4.78 is 5.37. The fraction of sp³-hybridized carbons (Fsp3) is 0.391. The number of rotatable bonds is 9. The number of carbonyl (C=O) groups is 2. The highest BCUT2D eigenvalue weighted by molar-refractivity contribution is 5.85. The highest BCUT2D eigenvalue weighted by atomic mass is 16.5. The first-order valence-electron chi connectivity index (χ1n) is 10.2.